The molecule has 0 aliphatic heterocycles. The van der Waals surface area contributed by atoms with E-state index < -0.39 is 23.6 Å². The molecule has 13 heteroatoms. The van der Waals surface area contributed by atoms with Gasteiger partial charge in [-0.3, -0.25) is 9.59 Å². The van der Waals surface area contributed by atoms with Crippen LogP contribution in [0.3, 0.4) is 0 Å². The Morgan fingerprint density at radius 1 is 1.25 bits per heavy atom. The molecule has 3 aromatic rings. The van der Waals surface area contributed by atoms with E-state index in [4.69, 9.17) is 11.6 Å². The summed E-state index contributed by atoms with van der Waals surface area (Å²) in [5.74, 6) is -1.18. The molecule has 1 atom stereocenters. The van der Waals surface area contributed by atoms with E-state index in [0.29, 0.717) is 16.1 Å². The average molecular weight is 578 g/mol. The lowest BCUT2D eigenvalue weighted by atomic mass is 10.0. The third-order valence-corrected chi connectivity index (χ3v) is 4.95. The Morgan fingerprint density at radius 2 is 1.91 bits per heavy atom. The van der Waals surface area contributed by atoms with Gasteiger partial charge < -0.3 is 10.1 Å². The van der Waals surface area contributed by atoms with Gasteiger partial charge in [-0.25, -0.2) is 0 Å². The predicted molar refractivity (Wildman–Crippen MR) is 115 cm³/mol. The molecule has 1 N–H and O–H groups in total. The fourth-order valence-corrected chi connectivity index (χ4v) is 3.39. The summed E-state index contributed by atoms with van der Waals surface area (Å²) in [5.41, 5.74) is -0.580. The van der Waals surface area contributed by atoms with Crippen molar-refractivity contribution in [3.05, 3.63) is 52.5 Å². The van der Waals surface area contributed by atoms with Gasteiger partial charge in [0, 0.05) is 33.2 Å². The number of benzene rings is 2. The first kappa shape index (κ1) is 23.7. The maximum atomic E-state index is 12.5. The minimum atomic E-state index is -4.85. The third-order valence-electron chi connectivity index (χ3n) is 4.15. The van der Waals surface area contributed by atoms with Gasteiger partial charge in [-0.2, -0.15) is 20.3 Å². The molecule has 2 aromatic carbocycles. The van der Waals surface area contributed by atoms with Crippen molar-refractivity contribution >= 4 is 54.9 Å². The maximum absolute atomic E-state index is 12.5. The lowest BCUT2D eigenvalue weighted by Crippen LogP contribution is -2.48. The van der Waals surface area contributed by atoms with Crippen LogP contribution < -0.4 is 10.1 Å². The summed E-state index contributed by atoms with van der Waals surface area (Å²) in [4.78, 5) is 25.5. The minimum absolute atomic E-state index is 0.0177. The first-order valence-electron chi connectivity index (χ1n) is 8.73. The van der Waals surface area contributed by atoms with Crippen LogP contribution in [0.5, 0.6) is 5.75 Å². The molecule has 3 rings (SSSR count). The molecule has 0 aliphatic rings. The standard InChI is InChI=1S/C19H12ClF3IN5O3/c1-18(8-25,26-17(31)10-2-4-12(5-3-10)32-19(21,22)23)9-29-27-14-7-11(20)6-13(16(24)30)15(14)28-29/h2-7H,9H2,1H3,(H,26,31). The molecule has 0 radical (unpaired) electrons. The molecule has 32 heavy (non-hydrogen) atoms. The number of ether oxygens (including phenoxy) is 1. The molecule has 166 valence electrons. The summed E-state index contributed by atoms with van der Waals surface area (Å²) in [7, 11) is 0. The molecule has 0 saturated heterocycles. The van der Waals surface area contributed by atoms with Crippen LogP contribution in [0, 0.1) is 11.3 Å². The summed E-state index contributed by atoms with van der Waals surface area (Å²) in [6.45, 7) is 1.25. The number of hydrogen-bond donors (Lipinski definition) is 1. The fourth-order valence-electron chi connectivity index (χ4n) is 2.77. The summed E-state index contributed by atoms with van der Waals surface area (Å²) in [5, 5.41) is 20.9. The van der Waals surface area contributed by atoms with Crippen molar-refractivity contribution in [2.24, 2.45) is 0 Å². The monoisotopic (exact) mass is 577 g/mol. The van der Waals surface area contributed by atoms with Crippen LogP contribution in [-0.4, -0.2) is 36.6 Å². The number of rotatable bonds is 6. The van der Waals surface area contributed by atoms with Gasteiger partial charge in [0.15, 0.2) is 0 Å². The highest BCUT2D eigenvalue weighted by Gasteiger charge is 2.32. The predicted octanol–water partition coefficient (Wildman–Crippen LogP) is 4.27. The van der Waals surface area contributed by atoms with Gasteiger partial charge in [0.05, 0.1) is 18.2 Å². The average Bonchev–Trinajstić information content (AvgIpc) is 3.07. The number of aromatic nitrogens is 3. The number of carbonyl (C=O) groups excluding carboxylic acids is 2. The quantitative estimate of drug-likeness (QED) is 0.346. The Morgan fingerprint density at radius 3 is 2.47 bits per heavy atom. The smallest absolute Gasteiger partial charge is 0.406 e. The highest BCUT2D eigenvalue weighted by atomic mass is 127. The van der Waals surface area contributed by atoms with E-state index in [9.17, 15) is 28.0 Å². The topological polar surface area (TPSA) is 110 Å². The van der Waals surface area contributed by atoms with Gasteiger partial charge in [0.25, 0.3) is 5.91 Å². The largest absolute Gasteiger partial charge is 0.573 e. The number of nitrogens with one attached hydrogen (secondary N) is 1. The fraction of sp³-hybridized carbons (Fsp3) is 0.211. The maximum Gasteiger partial charge on any atom is 0.573 e. The van der Waals surface area contributed by atoms with Crippen molar-refractivity contribution in [2.45, 2.75) is 25.4 Å². The Labute approximate surface area is 197 Å². The first-order valence-corrected chi connectivity index (χ1v) is 10.2. The Hall–Kier alpha value is -2.92. The van der Waals surface area contributed by atoms with E-state index >= 15 is 0 Å². The van der Waals surface area contributed by atoms with E-state index in [2.05, 4.69) is 20.3 Å². The molecule has 0 fully saturated rings. The number of alkyl halides is 3. The van der Waals surface area contributed by atoms with Crippen LogP contribution in [0.4, 0.5) is 13.2 Å². The molecule has 1 amide bonds. The molecule has 0 aliphatic carbocycles. The van der Waals surface area contributed by atoms with Crippen molar-refractivity contribution in [1.29, 1.82) is 5.26 Å². The van der Waals surface area contributed by atoms with E-state index in [1.807, 2.05) is 6.07 Å². The van der Waals surface area contributed by atoms with Crippen LogP contribution in [-0.2, 0) is 6.54 Å². The molecule has 0 bridgehead atoms. The van der Waals surface area contributed by atoms with Gasteiger partial charge in [0.2, 0.25) is 3.79 Å². The highest BCUT2D eigenvalue weighted by Crippen LogP contribution is 2.25. The van der Waals surface area contributed by atoms with Gasteiger partial charge in [-0.05, 0) is 43.3 Å². The molecule has 0 spiro atoms. The number of halogens is 5. The van der Waals surface area contributed by atoms with Crippen LogP contribution >= 0.6 is 34.2 Å². The van der Waals surface area contributed by atoms with Crippen LogP contribution in [0.15, 0.2) is 36.4 Å². The van der Waals surface area contributed by atoms with E-state index in [1.165, 1.54) is 19.1 Å². The van der Waals surface area contributed by atoms with Crippen molar-refractivity contribution in [2.75, 3.05) is 0 Å². The molecule has 0 saturated carbocycles. The van der Waals surface area contributed by atoms with E-state index in [-0.39, 0.29) is 21.5 Å². The van der Waals surface area contributed by atoms with Crippen molar-refractivity contribution in [3.8, 4) is 11.8 Å². The lowest BCUT2D eigenvalue weighted by molar-refractivity contribution is -0.274. The van der Waals surface area contributed by atoms with Crippen LogP contribution in [0.1, 0.15) is 27.6 Å². The zero-order chi connectivity index (χ0) is 23.7. The van der Waals surface area contributed by atoms with Gasteiger partial charge >= 0.3 is 6.36 Å². The molecule has 1 unspecified atom stereocenters. The number of carbonyl (C=O) groups is 2. The molecular weight excluding hydrogens is 566 g/mol. The van der Waals surface area contributed by atoms with Gasteiger partial charge in [0.1, 0.15) is 22.3 Å². The molecule has 1 aromatic heterocycles. The third kappa shape index (κ3) is 5.65. The SMILES string of the molecule is CC(C#N)(Cn1nc2cc(Cl)cc(C(=O)I)c2n1)NC(=O)c1ccc(OC(F)(F)F)cc1. The first-order chi connectivity index (χ1) is 14.9. The summed E-state index contributed by atoms with van der Waals surface area (Å²) in [6, 6.07) is 9.17. The molecular formula is C19H12ClF3IN5O3. The molecule has 8 nitrogen and oxygen atoms in total. The Balaban J connectivity index is 1.80. The number of nitrogens with zero attached hydrogens (tertiary/aromatic N) is 4. The molecule has 1 heterocycles. The zero-order valence-electron chi connectivity index (χ0n) is 16.1. The van der Waals surface area contributed by atoms with Crippen molar-refractivity contribution < 1.29 is 27.5 Å². The number of hydrogen-bond acceptors (Lipinski definition) is 6. The number of nitriles is 1. The second-order valence-corrected chi connectivity index (χ2v) is 8.21. The van der Waals surface area contributed by atoms with Crippen molar-refractivity contribution in [1.82, 2.24) is 20.3 Å². The second kappa shape index (κ2) is 8.91. The summed E-state index contributed by atoms with van der Waals surface area (Å²) >= 11 is 7.60. The Kier molecular flexibility index (Phi) is 6.61. The van der Waals surface area contributed by atoms with E-state index in [1.54, 1.807) is 22.6 Å². The summed E-state index contributed by atoms with van der Waals surface area (Å²) < 4.78 is 40.3. The highest BCUT2D eigenvalue weighted by molar-refractivity contribution is 14.1. The second-order valence-electron chi connectivity index (χ2n) is 6.80. The Bertz CT molecular complexity index is 1240. The minimum Gasteiger partial charge on any atom is -0.406 e. The lowest BCUT2D eigenvalue weighted by Gasteiger charge is -2.22. The zero-order valence-corrected chi connectivity index (χ0v) is 19.0. The number of fused-ring (bicyclic) bond motifs is 1. The van der Waals surface area contributed by atoms with Crippen LogP contribution in [0.25, 0.3) is 11.0 Å². The van der Waals surface area contributed by atoms with Gasteiger partial charge in [-0.15, -0.1) is 13.2 Å². The van der Waals surface area contributed by atoms with E-state index in [0.717, 1.165) is 29.1 Å². The van der Waals surface area contributed by atoms with Crippen molar-refractivity contribution in [3.63, 3.8) is 0 Å². The summed E-state index contributed by atoms with van der Waals surface area (Å²) in [6.07, 6.45) is -4.85. The van der Waals surface area contributed by atoms with Gasteiger partial charge in [-0.1, -0.05) is 11.6 Å². The number of amides is 1. The van der Waals surface area contributed by atoms with Crippen LogP contribution in [0.2, 0.25) is 5.02 Å². The normalized spacial score (nSPS) is 13.3.